The van der Waals surface area contributed by atoms with Gasteiger partial charge in [0.2, 0.25) is 0 Å². The van der Waals surface area contributed by atoms with Crippen molar-refractivity contribution in [3.8, 4) is 0 Å². The van der Waals surface area contributed by atoms with Gasteiger partial charge in [0.05, 0.1) is 0 Å². The van der Waals surface area contributed by atoms with Crippen LogP contribution in [-0.4, -0.2) is 12.6 Å². The van der Waals surface area contributed by atoms with E-state index in [4.69, 9.17) is 0 Å². The minimum absolute atomic E-state index is 0.512. The molecule has 19 heavy (non-hydrogen) atoms. The lowest BCUT2D eigenvalue weighted by Gasteiger charge is -2.39. The molecule has 1 heteroatoms. The summed E-state index contributed by atoms with van der Waals surface area (Å²) in [5, 5.41) is 3.78. The number of hydrogen-bond donors (Lipinski definition) is 1. The molecule has 1 aromatic rings. The summed E-state index contributed by atoms with van der Waals surface area (Å²) in [5.41, 5.74) is 3.41. The Morgan fingerprint density at radius 3 is 2.63 bits per heavy atom. The summed E-state index contributed by atoms with van der Waals surface area (Å²) in [7, 11) is 0. The SMILES string of the molecule is Cc1ccccc1CCNC1CC(C)CC(C)(C)C1. The van der Waals surface area contributed by atoms with Crippen molar-refractivity contribution in [1.29, 1.82) is 0 Å². The van der Waals surface area contributed by atoms with Gasteiger partial charge in [0.25, 0.3) is 0 Å². The fourth-order valence-electron chi connectivity index (χ4n) is 3.80. The van der Waals surface area contributed by atoms with Crippen molar-refractivity contribution in [2.24, 2.45) is 11.3 Å². The van der Waals surface area contributed by atoms with Crippen molar-refractivity contribution >= 4 is 0 Å². The first-order chi connectivity index (χ1) is 8.96. The second-order valence-electron chi connectivity index (χ2n) is 7.24. The Labute approximate surface area is 118 Å². The third kappa shape index (κ3) is 4.35. The monoisotopic (exact) mass is 259 g/mol. The zero-order valence-electron chi connectivity index (χ0n) is 13.0. The maximum Gasteiger partial charge on any atom is 0.00748 e. The first kappa shape index (κ1) is 14.6. The van der Waals surface area contributed by atoms with E-state index in [1.165, 1.54) is 30.4 Å². The zero-order valence-corrected chi connectivity index (χ0v) is 13.0. The number of aryl methyl sites for hydroxylation is 1. The highest BCUT2D eigenvalue weighted by atomic mass is 14.9. The van der Waals surface area contributed by atoms with Gasteiger partial charge in [-0.1, -0.05) is 45.0 Å². The molecule has 1 aromatic carbocycles. The highest BCUT2D eigenvalue weighted by molar-refractivity contribution is 5.25. The van der Waals surface area contributed by atoms with Gasteiger partial charge in [-0.05, 0) is 61.6 Å². The molecule has 1 aliphatic carbocycles. The van der Waals surface area contributed by atoms with Crippen LogP contribution >= 0.6 is 0 Å². The highest BCUT2D eigenvalue weighted by Gasteiger charge is 2.31. The Morgan fingerprint density at radius 1 is 1.21 bits per heavy atom. The molecule has 2 atom stereocenters. The van der Waals surface area contributed by atoms with Crippen LogP contribution in [0.4, 0.5) is 0 Å². The molecule has 1 N–H and O–H groups in total. The normalized spacial score (nSPS) is 26.3. The van der Waals surface area contributed by atoms with Crippen LogP contribution in [0.5, 0.6) is 0 Å². The molecule has 1 aliphatic rings. The summed E-state index contributed by atoms with van der Waals surface area (Å²) >= 11 is 0. The number of nitrogens with one attached hydrogen (secondary N) is 1. The summed E-state index contributed by atoms with van der Waals surface area (Å²) in [6.45, 7) is 10.5. The molecule has 0 amide bonds. The molecule has 0 bridgehead atoms. The van der Waals surface area contributed by atoms with E-state index in [-0.39, 0.29) is 0 Å². The molecule has 0 aromatic heterocycles. The molecule has 1 fully saturated rings. The van der Waals surface area contributed by atoms with Crippen molar-refractivity contribution in [1.82, 2.24) is 5.32 Å². The fraction of sp³-hybridized carbons (Fsp3) is 0.667. The molecule has 106 valence electrons. The molecule has 0 spiro atoms. The molecule has 2 unspecified atom stereocenters. The summed E-state index contributed by atoms with van der Waals surface area (Å²) in [5.74, 6) is 0.861. The Bertz CT molecular complexity index is 408. The highest BCUT2D eigenvalue weighted by Crippen LogP contribution is 2.38. The first-order valence-corrected chi connectivity index (χ1v) is 7.74. The fourth-order valence-corrected chi connectivity index (χ4v) is 3.80. The van der Waals surface area contributed by atoms with Crippen LogP contribution in [0.15, 0.2) is 24.3 Å². The van der Waals surface area contributed by atoms with E-state index >= 15 is 0 Å². The Kier molecular flexibility index (Phi) is 4.67. The van der Waals surface area contributed by atoms with Gasteiger partial charge in [-0.25, -0.2) is 0 Å². The number of hydrogen-bond acceptors (Lipinski definition) is 1. The smallest absolute Gasteiger partial charge is 0.00748 e. The largest absolute Gasteiger partial charge is 0.314 e. The lowest BCUT2D eigenvalue weighted by atomic mass is 9.70. The van der Waals surface area contributed by atoms with Crippen LogP contribution in [0.3, 0.4) is 0 Å². The van der Waals surface area contributed by atoms with Gasteiger partial charge in [-0.2, -0.15) is 0 Å². The average molecular weight is 259 g/mol. The van der Waals surface area contributed by atoms with Crippen LogP contribution in [0.1, 0.15) is 51.2 Å². The molecule has 0 aliphatic heterocycles. The summed E-state index contributed by atoms with van der Waals surface area (Å²) < 4.78 is 0. The van der Waals surface area contributed by atoms with Crippen molar-refractivity contribution in [2.45, 2.75) is 59.4 Å². The van der Waals surface area contributed by atoms with Gasteiger partial charge >= 0.3 is 0 Å². The van der Waals surface area contributed by atoms with Crippen molar-refractivity contribution in [3.05, 3.63) is 35.4 Å². The second-order valence-corrected chi connectivity index (χ2v) is 7.24. The maximum atomic E-state index is 3.78. The summed E-state index contributed by atoms with van der Waals surface area (Å²) in [4.78, 5) is 0. The predicted octanol–water partition coefficient (Wildman–Crippen LogP) is 4.34. The van der Waals surface area contributed by atoms with Crippen LogP contribution in [-0.2, 0) is 6.42 Å². The van der Waals surface area contributed by atoms with Gasteiger partial charge < -0.3 is 5.32 Å². The maximum absolute atomic E-state index is 3.78. The molecule has 0 radical (unpaired) electrons. The van der Waals surface area contributed by atoms with Gasteiger partial charge in [0.1, 0.15) is 0 Å². The van der Waals surface area contributed by atoms with E-state index in [1.807, 2.05) is 0 Å². The first-order valence-electron chi connectivity index (χ1n) is 7.74. The van der Waals surface area contributed by atoms with E-state index in [0.29, 0.717) is 11.5 Å². The standard InChI is InChI=1S/C18H29N/c1-14-11-17(13-18(3,4)12-14)19-10-9-16-8-6-5-7-15(16)2/h5-8,14,17,19H,9-13H2,1-4H3. The minimum Gasteiger partial charge on any atom is -0.314 e. The average Bonchev–Trinajstić information content (AvgIpc) is 2.29. The molecular weight excluding hydrogens is 230 g/mol. The van der Waals surface area contributed by atoms with Crippen LogP contribution in [0, 0.1) is 18.3 Å². The van der Waals surface area contributed by atoms with Crippen molar-refractivity contribution < 1.29 is 0 Å². The van der Waals surface area contributed by atoms with Crippen LogP contribution in [0.2, 0.25) is 0 Å². The van der Waals surface area contributed by atoms with Gasteiger partial charge in [0.15, 0.2) is 0 Å². The number of rotatable bonds is 4. The van der Waals surface area contributed by atoms with E-state index in [1.54, 1.807) is 0 Å². The summed E-state index contributed by atoms with van der Waals surface area (Å²) in [6.07, 6.45) is 5.20. The second kappa shape index (κ2) is 6.09. The Morgan fingerprint density at radius 2 is 1.95 bits per heavy atom. The third-order valence-corrected chi connectivity index (χ3v) is 4.48. The van der Waals surface area contributed by atoms with Crippen molar-refractivity contribution in [2.75, 3.05) is 6.54 Å². The number of benzene rings is 1. The van der Waals surface area contributed by atoms with E-state index in [0.717, 1.165) is 18.9 Å². The van der Waals surface area contributed by atoms with Crippen LogP contribution < -0.4 is 5.32 Å². The predicted molar refractivity (Wildman–Crippen MR) is 83.5 cm³/mol. The Balaban J connectivity index is 1.81. The van der Waals surface area contributed by atoms with Crippen molar-refractivity contribution in [3.63, 3.8) is 0 Å². The van der Waals surface area contributed by atoms with Crippen LogP contribution in [0.25, 0.3) is 0 Å². The molecule has 1 nitrogen and oxygen atoms in total. The quantitative estimate of drug-likeness (QED) is 0.848. The van der Waals surface area contributed by atoms with Gasteiger partial charge in [-0.3, -0.25) is 0 Å². The molecule has 1 saturated carbocycles. The third-order valence-electron chi connectivity index (χ3n) is 4.48. The molecular formula is C18H29N. The topological polar surface area (TPSA) is 12.0 Å². The van der Waals surface area contributed by atoms with E-state index < -0.39 is 0 Å². The molecule has 0 heterocycles. The van der Waals surface area contributed by atoms with Gasteiger partial charge in [0, 0.05) is 6.04 Å². The molecule has 2 rings (SSSR count). The van der Waals surface area contributed by atoms with E-state index in [9.17, 15) is 0 Å². The van der Waals surface area contributed by atoms with Gasteiger partial charge in [-0.15, -0.1) is 0 Å². The Hall–Kier alpha value is -0.820. The lowest BCUT2D eigenvalue weighted by molar-refractivity contribution is 0.152. The minimum atomic E-state index is 0.512. The van der Waals surface area contributed by atoms with E-state index in [2.05, 4.69) is 57.3 Å². The molecule has 0 saturated heterocycles. The zero-order chi connectivity index (χ0) is 13.9. The lowest BCUT2D eigenvalue weighted by Crippen LogP contribution is -2.40. The summed E-state index contributed by atoms with van der Waals surface area (Å²) in [6, 6.07) is 9.44.